The van der Waals surface area contributed by atoms with Gasteiger partial charge in [0.1, 0.15) is 11.8 Å². The van der Waals surface area contributed by atoms with Crippen LogP contribution in [0, 0.1) is 0 Å². The highest BCUT2D eigenvalue weighted by atomic mass is 16.5. The molecule has 2 atom stereocenters. The lowest BCUT2D eigenvalue weighted by atomic mass is 9.86. The summed E-state index contributed by atoms with van der Waals surface area (Å²) in [7, 11) is 1.64. The van der Waals surface area contributed by atoms with Crippen LogP contribution >= 0.6 is 0 Å². The second-order valence-electron chi connectivity index (χ2n) is 8.02. The standard InChI is InChI=1S/C24H25N3O3/c1-3-12-26-14-21(28)27-20(24(26)29)13-18-17-6-4-5-7-19(17)25-22(18)23(27)15-8-10-16(30-2)11-9-15/h4-11,20,23,25H,3,12-14H2,1-2H3/t20?,23-/m1/s1. The molecule has 3 heterocycles. The molecule has 1 unspecified atom stereocenters. The number of fused-ring (bicyclic) bond motifs is 4. The molecule has 2 amide bonds. The predicted octanol–water partition coefficient (Wildman–Crippen LogP) is 3.27. The molecule has 3 aromatic rings. The van der Waals surface area contributed by atoms with Gasteiger partial charge in [0.05, 0.1) is 19.7 Å². The van der Waals surface area contributed by atoms with E-state index in [-0.39, 0.29) is 24.4 Å². The molecule has 0 aliphatic carbocycles. The number of rotatable bonds is 4. The molecular formula is C24H25N3O3. The van der Waals surface area contributed by atoms with Gasteiger partial charge in [-0.1, -0.05) is 37.3 Å². The first-order valence-corrected chi connectivity index (χ1v) is 10.5. The Kier molecular flexibility index (Phi) is 4.50. The number of nitrogens with one attached hydrogen (secondary N) is 1. The van der Waals surface area contributed by atoms with E-state index < -0.39 is 6.04 Å². The normalized spacial score (nSPS) is 21.0. The highest BCUT2D eigenvalue weighted by molar-refractivity contribution is 5.97. The summed E-state index contributed by atoms with van der Waals surface area (Å²) in [6.07, 6.45) is 1.38. The largest absolute Gasteiger partial charge is 0.497 e. The molecule has 2 aliphatic rings. The van der Waals surface area contributed by atoms with Gasteiger partial charge in [-0.3, -0.25) is 9.59 Å². The Hall–Kier alpha value is -3.28. The number of amides is 2. The fourth-order valence-electron chi connectivity index (χ4n) is 4.92. The molecule has 0 saturated carbocycles. The molecule has 154 valence electrons. The molecule has 1 fully saturated rings. The van der Waals surface area contributed by atoms with Gasteiger partial charge in [0.25, 0.3) is 0 Å². The third kappa shape index (κ3) is 2.78. The number of hydrogen-bond acceptors (Lipinski definition) is 3. The van der Waals surface area contributed by atoms with Crippen molar-refractivity contribution < 1.29 is 14.3 Å². The lowest BCUT2D eigenvalue weighted by molar-refractivity contribution is -0.158. The Labute approximate surface area is 175 Å². The number of ether oxygens (including phenoxy) is 1. The maximum Gasteiger partial charge on any atom is 0.246 e. The molecule has 1 aromatic heterocycles. The van der Waals surface area contributed by atoms with Crippen LogP contribution in [0.1, 0.15) is 36.2 Å². The van der Waals surface area contributed by atoms with Crippen molar-refractivity contribution in [3.63, 3.8) is 0 Å². The Balaban J connectivity index is 1.68. The summed E-state index contributed by atoms with van der Waals surface area (Å²) in [6, 6.07) is 15.1. The average Bonchev–Trinajstić information content (AvgIpc) is 3.14. The number of H-pyrrole nitrogens is 1. The highest BCUT2D eigenvalue weighted by Gasteiger charge is 2.47. The molecule has 6 heteroatoms. The molecule has 5 rings (SSSR count). The SMILES string of the molecule is CCCN1CC(=O)N2C(Cc3c([nH]c4ccccc34)[C@H]2c2ccc(OC)cc2)C1=O. The summed E-state index contributed by atoms with van der Waals surface area (Å²) in [6.45, 7) is 2.79. The van der Waals surface area contributed by atoms with Gasteiger partial charge in [-0.05, 0) is 35.7 Å². The number of aromatic nitrogens is 1. The van der Waals surface area contributed by atoms with E-state index in [1.807, 2.05) is 49.4 Å². The van der Waals surface area contributed by atoms with Crippen molar-refractivity contribution in [1.82, 2.24) is 14.8 Å². The molecule has 1 saturated heterocycles. The van der Waals surface area contributed by atoms with E-state index in [9.17, 15) is 9.59 Å². The molecule has 0 bridgehead atoms. The Morgan fingerprint density at radius 2 is 1.87 bits per heavy atom. The van der Waals surface area contributed by atoms with Gasteiger partial charge in [-0.2, -0.15) is 0 Å². The number of nitrogens with zero attached hydrogens (tertiary/aromatic N) is 2. The van der Waals surface area contributed by atoms with E-state index in [0.29, 0.717) is 13.0 Å². The van der Waals surface area contributed by atoms with E-state index in [4.69, 9.17) is 4.74 Å². The third-order valence-electron chi connectivity index (χ3n) is 6.27. The molecule has 6 nitrogen and oxygen atoms in total. The fourth-order valence-corrected chi connectivity index (χ4v) is 4.92. The first kappa shape index (κ1) is 18.7. The van der Waals surface area contributed by atoms with E-state index in [0.717, 1.165) is 39.9 Å². The average molecular weight is 403 g/mol. The second kappa shape index (κ2) is 7.20. The minimum absolute atomic E-state index is 0.00169. The Morgan fingerprint density at radius 3 is 2.60 bits per heavy atom. The summed E-state index contributed by atoms with van der Waals surface area (Å²) in [5.41, 5.74) is 4.14. The minimum atomic E-state index is -0.475. The van der Waals surface area contributed by atoms with Crippen LogP contribution in [0.15, 0.2) is 48.5 Å². The number of aromatic amines is 1. The number of hydrogen-bond donors (Lipinski definition) is 1. The predicted molar refractivity (Wildman–Crippen MR) is 114 cm³/mol. The van der Waals surface area contributed by atoms with Crippen LogP contribution in [0.3, 0.4) is 0 Å². The lowest BCUT2D eigenvalue weighted by Crippen LogP contribution is -2.63. The number of carbonyl (C=O) groups excluding carboxylic acids is 2. The molecule has 0 radical (unpaired) electrons. The van der Waals surface area contributed by atoms with Crippen LogP contribution in [-0.2, 0) is 16.0 Å². The monoisotopic (exact) mass is 403 g/mol. The number of para-hydroxylation sites is 1. The van der Waals surface area contributed by atoms with Crippen LogP contribution in [0.5, 0.6) is 5.75 Å². The number of methoxy groups -OCH3 is 1. The molecular weight excluding hydrogens is 378 g/mol. The Bertz CT molecular complexity index is 1120. The van der Waals surface area contributed by atoms with Crippen molar-refractivity contribution in [3.05, 3.63) is 65.4 Å². The van der Waals surface area contributed by atoms with E-state index >= 15 is 0 Å². The quantitative estimate of drug-likeness (QED) is 0.727. The van der Waals surface area contributed by atoms with Crippen LogP contribution in [0.25, 0.3) is 10.9 Å². The van der Waals surface area contributed by atoms with Gasteiger partial charge in [0, 0.05) is 29.6 Å². The maximum absolute atomic E-state index is 13.3. The van der Waals surface area contributed by atoms with Crippen LogP contribution in [-0.4, -0.2) is 52.8 Å². The second-order valence-corrected chi connectivity index (χ2v) is 8.02. The molecule has 2 aromatic carbocycles. The van der Waals surface area contributed by atoms with Gasteiger partial charge in [0.2, 0.25) is 11.8 Å². The summed E-state index contributed by atoms with van der Waals surface area (Å²) >= 11 is 0. The molecule has 1 N–H and O–H groups in total. The summed E-state index contributed by atoms with van der Waals surface area (Å²) in [5, 5.41) is 1.12. The zero-order valence-corrected chi connectivity index (χ0v) is 17.2. The smallest absolute Gasteiger partial charge is 0.246 e. The van der Waals surface area contributed by atoms with E-state index in [1.54, 1.807) is 16.9 Å². The van der Waals surface area contributed by atoms with E-state index in [1.165, 1.54) is 0 Å². The highest BCUT2D eigenvalue weighted by Crippen LogP contribution is 2.42. The van der Waals surface area contributed by atoms with E-state index in [2.05, 4.69) is 11.1 Å². The Morgan fingerprint density at radius 1 is 1.10 bits per heavy atom. The van der Waals surface area contributed by atoms with Crippen molar-refractivity contribution >= 4 is 22.7 Å². The van der Waals surface area contributed by atoms with Gasteiger partial charge in [-0.15, -0.1) is 0 Å². The summed E-state index contributed by atoms with van der Waals surface area (Å²) in [5.74, 6) is 0.808. The zero-order chi connectivity index (χ0) is 20.8. The van der Waals surface area contributed by atoms with Crippen LogP contribution in [0.4, 0.5) is 0 Å². The molecule has 0 spiro atoms. The van der Waals surface area contributed by atoms with Crippen LogP contribution in [0.2, 0.25) is 0 Å². The maximum atomic E-state index is 13.3. The van der Waals surface area contributed by atoms with Crippen LogP contribution < -0.4 is 4.74 Å². The summed E-state index contributed by atoms with van der Waals surface area (Å²) < 4.78 is 5.31. The first-order chi connectivity index (χ1) is 14.6. The van der Waals surface area contributed by atoms with Crippen molar-refractivity contribution in [1.29, 1.82) is 0 Å². The summed E-state index contributed by atoms with van der Waals surface area (Å²) in [4.78, 5) is 33.7. The van der Waals surface area contributed by atoms with Crippen molar-refractivity contribution in [3.8, 4) is 5.75 Å². The fraction of sp³-hybridized carbons (Fsp3) is 0.333. The number of piperazine rings is 1. The zero-order valence-electron chi connectivity index (χ0n) is 17.2. The van der Waals surface area contributed by atoms with Crippen molar-refractivity contribution in [2.75, 3.05) is 20.2 Å². The minimum Gasteiger partial charge on any atom is -0.497 e. The third-order valence-corrected chi connectivity index (χ3v) is 6.27. The lowest BCUT2D eigenvalue weighted by Gasteiger charge is -2.47. The topological polar surface area (TPSA) is 65.6 Å². The van der Waals surface area contributed by atoms with Gasteiger partial charge >= 0.3 is 0 Å². The first-order valence-electron chi connectivity index (χ1n) is 10.5. The van der Waals surface area contributed by atoms with Crippen molar-refractivity contribution in [2.45, 2.75) is 31.8 Å². The number of benzene rings is 2. The number of carbonyl (C=O) groups is 2. The molecule has 2 aliphatic heterocycles. The van der Waals surface area contributed by atoms with Gasteiger partial charge in [0.15, 0.2) is 0 Å². The molecule has 30 heavy (non-hydrogen) atoms. The van der Waals surface area contributed by atoms with Crippen molar-refractivity contribution in [2.24, 2.45) is 0 Å². The van der Waals surface area contributed by atoms with Gasteiger partial charge in [-0.25, -0.2) is 0 Å². The van der Waals surface area contributed by atoms with Gasteiger partial charge < -0.3 is 19.5 Å².